The summed E-state index contributed by atoms with van der Waals surface area (Å²) in [6.45, 7) is 0.113. The van der Waals surface area contributed by atoms with Gasteiger partial charge < -0.3 is 111 Å². The number of hydrogen-bond donors (Lipinski definition) is 19. The number of carboxylic acids is 2. The van der Waals surface area contributed by atoms with Crippen LogP contribution in [0.15, 0.2) is 0 Å². The number of rotatable bonds is 17. The first-order chi connectivity index (χ1) is 21.9. The van der Waals surface area contributed by atoms with Gasteiger partial charge in [-0.15, -0.1) is 0 Å². The van der Waals surface area contributed by atoms with Crippen molar-refractivity contribution in [2.75, 3.05) is 19.8 Å². The lowest BCUT2D eigenvalue weighted by molar-refractivity contribution is -0.146. The average Bonchev–Trinajstić information content (AvgIpc) is 3.07. The van der Waals surface area contributed by atoms with Crippen molar-refractivity contribution in [3.63, 3.8) is 0 Å². The van der Waals surface area contributed by atoms with E-state index in [9.17, 15) is 24.0 Å². The predicted octanol–water partition coefficient (Wildman–Crippen LogP) is -11.2. The van der Waals surface area contributed by atoms with Crippen LogP contribution in [-0.2, 0) is 24.0 Å². The lowest BCUT2D eigenvalue weighted by Gasteiger charge is -2.22. The molecule has 48 heavy (non-hydrogen) atoms. The van der Waals surface area contributed by atoms with Gasteiger partial charge in [0.15, 0.2) is 18.9 Å². The number of aliphatic hydroxyl groups is 17. The number of aldehydes is 3. The minimum absolute atomic E-state index is 0.0258. The van der Waals surface area contributed by atoms with Gasteiger partial charge in [-0.2, -0.15) is 0 Å². The quantitative estimate of drug-likeness (QED) is 0.0620. The van der Waals surface area contributed by atoms with Crippen LogP contribution in [0.4, 0.5) is 0 Å². The molecule has 24 nitrogen and oxygen atoms in total. The van der Waals surface area contributed by atoms with Gasteiger partial charge in [-0.05, 0) is 13.8 Å². The molecule has 0 saturated heterocycles. The van der Waals surface area contributed by atoms with Gasteiger partial charge in [0.1, 0.15) is 85.5 Å². The molecule has 19 N–H and O–H groups in total. The number of carbonyl (C=O) groups excluding carboxylic acids is 3. The predicted molar refractivity (Wildman–Crippen MR) is 150 cm³/mol. The molecule has 0 radical (unpaired) electrons. The zero-order chi connectivity index (χ0) is 39.5. The van der Waals surface area contributed by atoms with Crippen molar-refractivity contribution in [2.45, 2.75) is 99.3 Å². The highest BCUT2D eigenvalue weighted by molar-refractivity contribution is 5.71. The maximum Gasteiger partial charge on any atom is 0.332 e. The fourth-order valence-corrected chi connectivity index (χ4v) is 1.85. The zero-order valence-corrected chi connectivity index (χ0v) is 25.5. The second-order valence-corrected chi connectivity index (χ2v) is 9.10. The Morgan fingerprint density at radius 3 is 0.646 bits per heavy atom. The third-order valence-corrected chi connectivity index (χ3v) is 4.98. The van der Waals surface area contributed by atoms with Crippen LogP contribution in [-0.4, -0.2) is 233 Å². The van der Waals surface area contributed by atoms with Crippen LogP contribution in [0.2, 0.25) is 0 Å². The summed E-state index contributed by atoms with van der Waals surface area (Å²) in [7, 11) is 0. The SMILES string of the molecule is CC(O)C(=O)O.CC(O)C(=O)O.O=C[C@H](O)[C@@H](O)[C@@H](O)[C@H](O)CO.O=C[C@H](O)[C@@H](O)[C@H](O)[C@H](O)CO.O=C[C@H](O)[C@@H](O)[C@H](O)[C@H](O)CO. The Morgan fingerprint density at radius 2 is 0.562 bits per heavy atom. The fourth-order valence-electron chi connectivity index (χ4n) is 1.85. The highest BCUT2D eigenvalue weighted by Crippen LogP contribution is 2.04. The highest BCUT2D eigenvalue weighted by atomic mass is 16.4. The Kier molecular flexibility index (Phi) is 35.9. The van der Waals surface area contributed by atoms with E-state index in [1.165, 1.54) is 13.8 Å². The van der Waals surface area contributed by atoms with Gasteiger partial charge in [-0.1, -0.05) is 0 Å². The van der Waals surface area contributed by atoms with E-state index in [1.54, 1.807) is 0 Å². The maximum atomic E-state index is 9.90. The minimum Gasteiger partial charge on any atom is -0.479 e. The summed E-state index contributed by atoms with van der Waals surface area (Å²) in [5.74, 6) is -2.37. The maximum absolute atomic E-state index is 9.90. The summed E-state index contributed by atoms with van der Waals surface area (Å²) in [6.07, 6.45) is -23.0. The second kappa shape index (κ2) is 31.5. The number of carbonyl (C=O) groups is 5. The molecular weight excluding hydrogens is 672 g/mol. The van der Waals surface area contributed by atoms with Crippen LogP contribution in [0.25, 0.3) is 0 Å². The van der Waals surface area contributed by atoms with Gasteiger partial charge in [0.25, 0.3) is 0 Å². The molecule has 0 fully saturated rings. The molecule has 0 aliphatic heterocycles. The molecule has 288 valence electrons. The Labute approximate surface area is 271 Å². The Morgan fingerprint density at radius 1 is 0.417 bits per heavy atom. The van der Waals surface area contributed by atoms with Gasteiger partial charge in [-0.3, -0.25) is 0 Å². The third-order valence-electron chi connectivity index (χ3n) is 4.98. The molecule has 0 heterocycles. The summed E-state index contributed by atoms with van der Waals surface area (Å²) < 4.78 is 0. The van der Waals surface area contributed by atoms with E-state index >= 15 is 0 Å². The van der Waals surface area contributed by atoms with Crippen molar-refractivity contribution in [1.29, 1.82) is 0 Å². The summed E-state index contributed by atoms with van der Waals surface area (Å²) in [5, 5.41) is 162. The van der Waals surface area contributed by atoms with Crippen LogP contribution < -0.4 is 0 Å². The number of hydrogen-bond acceptors (Lipinski definition) is 22. The van der Waals surface area contributed by atoms with Crippen molar-refractivity contribution in [1.82, 2.24) is 0 Å². The van der Waals surface area contributed by atoms with Crippen molar-refractivity contribution >= 4 is 30.8 Å². The number of aliphatic carboxylic acids is 2. The molecule has 14 atom stereocenters. The van der Waals surface area contributed by atoms with Crippen LogP contribution in [0.1, 0.15) is 13.8 Å². The molecule has 2 unspecified atom stereocenters. The Bertz CT molecular complexity index is 734. The normalized spacial score (nSPS) is 19.2. The molecule has 0 aromatic rings. The van der Waals surface area contributed by atoms with E-state index in [-0.39, 0.29) is 18.9 Å². The van der Waals surface area contributed by atoms with Gasteiger partial charge in [-0.25, -0.2) is 9.59 Å². The summed E-state index contributed by atoms with van der Waals surface area (Å²) in [5.41, 5.74) is 0. The van der Waals surface area contributed by atoms with Gasteiger partial charge in [0.05, 0.1) is 19.8 Å². The summed E-state index contributed by atoms with van der Waals surface area (Å²) >= 11 is 0. The molecule has 0 amide bonds. The molecule has 0 aliphatic rings. The third kappa shape index (κ3) is 27.2. The molecule has 0 aromatic heterocycles. The lowest BCUT2D eigenvalue weighted by Crippen LogP contribution is -2.46. The van der Waals surface area contributed by atoms with Gasteiger partial charge in [0, 0.05) is 0 Å². The second-order valence-electron chi connectivity index (χ2n) is 9.10. The average molecular weight is 721 g/mol. The topological polar surface area (TPSA) is 470 Å². The van der Waals surface area contributed by atoms with E-state index in [4.69, 9.17) is 97.0 Å². The highest BCUT2D eigenvalue weighted by Gasteiger charge is 2.31. The first-order valence-corrected chi connectivity index (χ1v) is 13.1. The molecule has 0 bridgehead atoms. The summed E-state index contributed by atoms with van der Waals surface area (Å²) in [4.78, 5) is 48.6. The molecule has 0 aromatic carbocycles. The molecular formula is C24H48O24. The monoisotopic (exact) mass is 720 g/mol. The van der Waals surface area contributed by atoms with Crippen molar-refractivity contribution in [3.05, 3.63) is 0 Å². The molecule has 0 saturated carbocycles. The van der Waals surface area contributed by atoms with Crippen LogP contribution in [0, 0.1) is 0 Å². The van der Waals surface area contributed by atoms with E-state index in [1.807, 2.05) is 0 Å². The van der Waals surface area contributed by atoms with Crippen LogP contribution in [0.3, 0.4) is 0 Å². The fraction of sp³-hybridized carbons (Fsp3) is 0.792. The number of aliphatic hydroxyl groups excluding tert-OH is 17. The van der Waals surface area contributed by atoms with E-state index in [0.717, 1.165) is 0 Å². The van der Waals surface area contributed by atoms with Crippen molar-refractivity contribution < 1.29 is 121 Å². The van der Waals surface area contributed by atoms with Crippen LogP contribution >= 0.6 is 0 Å². The zero-order valence-electron chi connectivity index (χ0n) is 25.5. The Hall–Kier alpha value is -2.73. The van der Waals surface area contributed by atoms with Crippen molar-refractivity contribution in [3.8, 4) is 0 Å². The molecule has 24 heteroatoms. The minimum atomic E-state index is -1.79. The Balaban J connectivity index is -0.000000166. The van der Waals surface area contributed by atoms with E-state index in [2.05, 4.69) is 0 Å². The standard InChI is InChI=1S/3C6H12O6.2C3H6O3/c3*7-1-3(9)5(11)6(12)4(10)2-8;2*1-2(4)3(5)6/h3*1,3-6,8-12H,2H2;2*2,4H,1H3,(H,5,6)/t2*3-,4+,5+,6+;3-,4+,5+,6-;;/m000../s1. The van der Waals surface area contributed by atoms with Gasteiger partial charge in [0.2, 0.25) is 0 Å². The smallest absolute Gasteiger partial charge is 0.332 e. The molecule has 0 rings (SSSR count). The first-order valence-electron chi connectivity index (χ1n) is 13.1. The summed E-state index contributed by atoms with van der Waals surface area (Å²) in [6, 6.07) is 0. The number of carboxylic acid groups (broad SMARTS) is 2. The van der Waals surface area contributed by atoms with Crippen molar-refractivity contribution in [2.24, 2.45) is 0 Å². The van der Waals surface area contributed by atoms with E-state index < -0.39 is 117 Å². The molecule has 0 spiro atoms. The first kappa shape index (κ1) is 54.7. The molecule has 0 aliphatic carbocycles. The lowest BCUT2D eigenvalue weighted by atomic mass is 10.0. The van der Waals surface area contributed by atoms with E-state index in [0.29, 0.717) is 0 Å². The van der Waals surface area contributed by atoms with Gasteiger partial charge >= 0.3 is 11.9 Å². The largest absolute Gasteiger partial charge is 0.479 e. The van der Waals surface area contributed by atoms with Crippen LogP contribution in [0.5, 0.6) is 0 Å².